The number of aliphatic hydroxyl groups is 1. The van der Waals surface area contributed by atoms with E-state index in [-0.39, 0.29) is 6.61 Å². The van der Waals surface area contributed by atoms with Crippen LogP contribution >= 0.6 is 0 Å². The first-order chi connectivity index (χ1) is 12.2. The standard InChI is InChI=1S/C18H26N6O/c1-13-14(2)19-18(22-6-3-4-7-22)20-17(13)23-8-5-9-24-16(11-23)10-15(12-25)21-24/h10,25H,3-9,11-12H2,1-2H3. The predicted molar refractivity (Wildman–Crippen MR) is 96.8 cm³/mol. The summed E-state index contributed by atoms with van der Waals surface area (Å²) in [5.74, 6) is 1.90. The van der Waals surface area contributed by atoms with E-state index in [1.54, 1.807) is 0 Å². The first-order valence-corrected chi connectivity index (χ1v) is 9.17. The van der Waals surface area contributed by atoms with Crippen molar-refractivity contribution in [3.8, 4) is 0 Å². The fraction of sp³-hybridized carbons (Fsp3) is 0.611. The summed E-state index contributed by atoms with van der Waals surface area (Å²) < 4.78 is 2.02. The normalized spacial score (nSPS) is 17.7. The molecule has 0 amide bonds. The zero-order valence-corrected chi connectivity index (χ0v) is 15.1. The van der Waals surface area contributed by atoms with Crippen molar-refractivity contribution in [1.82, 2.24) is 19.7 Å². The van der Waals surface area contributed by atoms with Crippen molar-refractivity contribution in [1.29, 1.82) is 0 Å². The van der Waals surface area contributed by atoms with Crippen LogP contribution in [0.5, 0.6) is 0 Å². The summed E-state index contributed by atoms with van der Waals surface area (Å²) in [6.45, 7) is 8.88. The van der Waals surface area contributed by atoms with E-state index in [0.717, 1.165) is 73.6 Å². The SMILES string of the molecule is Cc1nc(N2CCCC2)nc(N2CCCn3nc(CO)cc3C2)c1C. The van der Waals surface area contributed by atoms with Gasteiger partial charge in [0, 0.05) is 37.4 Å². The summed E-state index contributed by atoms with van der Waals surface area (Å²) in [6, 6.07) is 2.00. The fourth-order valence-corrected chi connectivity index (χ4v) is 3.75. The highest BCUT2D eigenvalue weighted by molar-refractivity contribution is 5.53. The molecule has 2 aromatic rings. The van der Waals surface area contributed by atoms with Crippen LogP contribution in [0.3, 0.4) is 0 Å². The van der Waals surface area contributed by atoms with Gasteiger partial charge in [0.05, 0.1) is 24.5 Å². The summed E-state index contributed by atoms with van der Waals surface area (Å²) in [6.07, 6.45) is 3.46. The van der Waals surface area contributed by atoms with Crippen molar-refractivity contribution in [2.75, 3.05) is 29.4 Å². The monoisotopic (exact) mass is 342 g/mol. The predicted octanol–water partition coefficient (Wildman–Crippen LogP) is 1.79. The summed E-state index contributed by atoms with van der Waals surface area (Å²) in [7, 11) is 0. The van der Waals surface area contributed by atoms with Crippen LogP contribution in [0.1, 0.15) is 41.9 Å². The van der Waals surface area contributed by atoms with E-state index in [1.807, 2.05) is 10.7 Å². The van der Waals surface area contributed by atoms with Crippen molar-refractivity contribution in [2.45, 2.75) is 52.8 Å². The molecule has 0 spiro atoms. The quantitative estimate of drug-likeness (QED) is 0.917. The van der Waals surface area contributed by atoms with E-state index in [4.69, 9.17) is 9.97 Å². The Bertz CT molecular complexity index is 765. The van der Waals surface area contributed by atoms with Gasteiger partial charge in [-0.15, -0.1) is 0 Å². The van der Waals surface area contributed by atoms with E-state index in [0.29, 0.717) is 0 Å². The van der Waals surface area contributed by atoms with Crippen molar-refractivity contribution in [3.63, 3.8) is 0 Å². The Morgan fingerprint density at radius 3 is 2.52 bits per heavy atom. The molecule has 2 aliphatic heterocycles. The topological polar surface area (TPSA) is 70.3 Å². The van der Waals surface area contributed by atoms with Gasteiger partial charge in [0.15, 0.2) is 0 Å². The van der Waals surface area contributed by atoms with Gasteiger partial charge in [-0.2, -0.15) is 10.1 Å². The second kappa shape index (κ2) is 6.63. The first-order valence-electron chi connectivity index (χ1n) is 9.17. The summed E-state index contributed by atoms with van der Waals surface area (Å²) in [4.78, 5) is 14.3. The summed E-state index contributed by atoms with van der Waals surface area (Å²) >= 11 is 0. The molecule has 4 heterocycles. The molecule has 0 atom stereocenters. The van der Waals surface area contributed by atoms with Crippen molar-refractivity contribution >= 4 is 11.8 Å². The molecule has 0 aliphatic carbocycles. The molecule has 4 rings (SSSR count). The number of anilines is 2. The van der Waals surface area contributed by atoms with Crippen LogP contribution < -0.4 is 9.80 Å². The molecule has 0 unspecified atom stereocenters. The van der Waals surface area contributed by atoms with Crippen LogP contribution in [-0.2, 0) is 19.7 Å². The smallest absolute Gasteiger partial charge is 0.227 e. The lowest BCUT2D eigenvalue weighted by Gasteiger charge is -2.26. The second-order valence-electron chi connectivity index (χ2n) is 7.04. The Morgan fingerprint density at radius 1 is 1.00 bits per heavy atom. The second-order valence-corrected chi connectivity index (χ2v) is 7.04. The molecule has 2 aromatic heterocycles. The third-order valence-electron chi connectivity index (χ3n) is 5.27. The highest BCUT2D eigenvalue weighted by Crippen LogP contribution is 2.27. The zero-order valence-electron chi connectivity index (χ0n) is 15.1. The van der Waals surface area contributed by atoms with Crippen LogP contribution in [0.25, 0.3) is 0 Å². The Kier molecular flexibility index (Phi) is 4.33. The molecule has 0 radical (unpaired) electrons. The number of aromatic nitrogens is 4. The lowest BCUT2D eigenvalue weighted by molar-refractivity contribution is 0.275. The van der Waals surface area contributed by atoms with Gasteiger partial charge in [-0.1, -0.05) is 0 Å². The molecule has 0 saturated carbocycles. The molecule has 1 N–H and O–H groups in total. The van der Waals surface area contributed by atoms with Gasteiger partial charge < -0.3 is 14.9 Å². The van der Waals surface area contributed by atoms with E-state index >= 15 is 0 Å². The highest BCUT2D eigenvalue weighted by Gasteiger charge is 2.23. The van der Waals surface area contributed by atoms with Gasteiger partial charge >= 0.3 is 0 Å². The van der Waals surface area contributed by atoms with Crippen LogP contribution in [0.2, 0.25) is 0 Å². The summed E-state index contributed by atoms with van der Waals surface area (Å²) in [5.41, 5.74) is 4.09. The summed E-state index contributed by atoms with van der Waals surface area (Å²) in [5, 5.41) is 13.8. The number of hydrogen-bond donors (Lipinski definition) is 1. The van der Waals surface area contributed by atoms with Crippen molar-refractivity contribution in [2.24, 2.45) is 0 Å². The fourth-order valence-electron chi connectivity index (χ4n) is 3.75. The number of hydrogen-bond acceptors (Lipinski definition) is 6. The molecule has 25 heavy (non-hydrogen) atoms. The van der Waals surface area contributed by atoms with E-state index in [1.165, 1.54) is 12.8 Å². The molecule has 2 aliphatic rings. The molecular weight excluding hydrogens is 316 g/mol. The third kappa shape index (κ3) is 3.08. The maximum atomic E-state index is 9.36. The van der Waals surface area contributed by atoms with Gasteiger partial charge in [-0.25, -0.2) is 4.98 Å². The van der Waals surface area contributed by atoms with Crippen LogP contribution in [-0.4, -0.2) is 44.5 Å². The Morgan fingerprint density at radius 2 is 1.76 bits per heavy atom. The molecule has 1 saturated heterocycles. The van der Waals surface area contributed by atoms with Gasteiger partial charge in [0.2, 0.25) is 5.95 Å². The third-order valence-corrected chi connectivity index (χ3v) is 5.27. The maximum absolute atomic E-state index is 9.36. The van der Waals surface area contributed by atoms with Crippen LogP contribution in [0, 0.1) is 13.8 Å². The number of fused-ring (bicyclic) bond motifs is 1. The Balaban J connectivity index is 1.68. The molecular formula is C18H26N6O. The molecule has 134 valence electrons. The van der Waals surface area contributed by atoms with Gasteiger partial charge in [-0.3, -0.25) is 4.68 Å². The Hall–Kier alpha value is -2.15. The van der Waals surface area contributed by atoms with Gasteiger partial charge in [0.1, 0.15) is 5.82 Å². The van der Waals surface area contributed by atoms with E-state index in [9.17, 15) is 5.11 Å². The number of nitrogens with zero attached hydrogens (tertiary/aromatic N) is 6. The molecule has 0 aromatic carbocycles. The first kappa shape index (κ1) is 16.3. The highest BCUT2D eigenvalue weighted by atomic mass is 16.3. The van der Waals surface area contributed by atoms with Crippen LogP contribution in [0.15, 0.2) is 6.07 Å². The lowest BCUT2D eigenvalue weighted by Crippen LogP contribution is -2.27. The largest absolute Gasteiger partial charge is 0.390 e. The number of aryl methyl sites for hydroxylation is 2. The van der Waals surface area contributed by atoms with Crippen molar-refractivity contribution in [3.05, 3.63) is 28.7 Å². The van der Waals surface area contributed by atoms with Crippen molar-refractivity contribution < 1.29 is 5.11 Å². The van der Waals surface area contributed by atoms with Crippen LogP contribution in [0.4, 0.5) is 11.8 Å². The minimum atomic E-state index is -0.00918. The van der Waals surface area contributed by atoms with E-state index in [2.05, 4.69) is 28.7 Å². The molecule has 7 nitrogen and oxygen atoms in total. The average Bonchev–Trinajstić information content (AvgIpc) is 3.23. The average molecular weight is 342 g/mol. The zero-order chi connectivity index (χ0) is 17.4. The number of rotatable bonds is 3. The van der Waals surface area contributed by atoms with Gasteiger partial charge in [0.25, 0.3) is 0 Å². The lowest BCUT2D eigenvalue weighted by atomic mass is 10.2. The number of aliphatic hydroxyl groups excluding tert-OH is 1. The van der Waals surface area contributed by atoms with E-state index < -0.39 is 0 Å². The Labute approximate surface area is 148 Å². The minimum absolute atomic E-state index is 0.00918. The molecule has 7 heteroatoms. The van der Waals surface area contributed by atoms with Gasteiger partial charge in [-0.05, 0) is 39.2 Å². The minimum Gasteiger partial charge on any atom is -0.390 e. The maximum Gasteiger partial charge on any atom is 0.227 e. The molecule has 0 bridgehead atoms. The molecule has 1 fully saturated rings.